The Morgan fingerprint density at radius 2 is 2.00 bits per heavy atom. The van der Waals surface area contributed by atoms with Gasteiger partial charge in [-0.2, -0.15) is 0 Å². The summed E-state index contributed by atoms with van der Waals surface area (Å²) >= 11 is 0. The first-order valence-electron chi connectivity index (χ1n) is 5.75. The Kier molecular flexibility index (Phi) is 4.15. The lowest BCUT2D eigenvalue weighted by molar-refractivity contribution is -0.142. The molecular weight excluding hydrogens is 220 g/mol. The van der Waals surface area contributed by atoms with Crippen molar-refractivity contribution < 1.29 is 14.7 Å². The number of rotatable bonds is 2. The summed E-state index contributed by atoms with van der Waals surface area (Å²) in [7, 11) is 0. The SMILES string of the molecule is CC(C)(C)C(NC(=O)N1CC=CCC1)C(=O)O. The minimum Gasteiger partial charge on any atom is -0.480 e. The predicted octanol–water partition coefficient (Wildman–Crippen LogP) is 1.46. The first kappa shape index (κ1) is 13.5. The summed E-state index contributed by atoms with van der Waals surface area (Å²) < 4.78 is 0. The number of urea groups is 1. The standard InChI is InChI=1S/C12H20N2O3/c1-12(2,3)9(10(15)16)13-11(17)14-7-5-4-6-8-14/h4-5,9H,6-8H2,1-3H3,(H,13,17)(H,15,16). The molecule has 0 bridgehead atoms. The van der Waals surface area contributed by atoms with Gasteiger partial charge in [-0.3, -0.25) is 0 Å². The number of hydrogen-bond donors (Lipinski definition) is 2. The Balaban J connectivity index is 2.64. The van der Waals surface area contributed by atoms with E-state index in [1.54, 1.807) is 25.7 Å². The monoisotopic (exact) mass is 240 g/mol. The Bertz CT molecular complexity index is 331. The van der Waals surface area contributed by atoms with Gasteiger partial charge in [0.2, 0.25) is 0 Å². The topological polar surface area (TPSA) is 69.6 Å². The van der Waals surface area contributed by atoms with Crippen molar-refractivity contribution >= 4 is 12.0 Å². The van der Waals surface area contributed by atoms with Crippen LogP contribution in [0.3, 0.4) is 0 Å². The van der Waals surface area contributed by atoms with Crippen LogP contribution in [0.5, 0.6) is 0 Å². The molecule has 5 nitrogen and oxygen atoms in total. The fourth-order valence-corrected chi connectivity index (χ4v) is 1.69. The van der Waals surface area contributed by atoms with Crippen molar-refractivity contribution in [3.8, 4) is 0 Å². The van der Waals surface area contributed by atoms with Crippen molar-refractivity contribution in [3.05, 3.63) is 12.2 Å². The number of carbonyl (C=O) groups is 2. The molecule has 1 aliphatic rings. The van der Waals surface area contributed by atoms with Crippen LogP contribution < -0.4 is 5.32 Å². The van der Waals surface area contributed by atoms with Crippen molar-refractivity contribution in [1.82, 2.24) is 10.2 Å². The van der Waals surface area contributed by atoms with Crippen LogP contribution in [0, 0.1) is 5.41 Å². The first-order valence-corrected chi connectivity index (χ1v) is 5.75. The summed E-state index contributed by atoms with van der Waals surface area (Å²) in [5.74, 6) is -1.00. The number of nitrogens with zero attached hydrogens (tertiary/aromatic N) is 1. The van der Waals surface area contributed by atoms with Gasteiger partial charge < -0.3 is 15.3 Å². The quantitative estimate of drug-likeness (QED) is 0.718. The molecule has 0 saturated heterocycles. The van der Waals surface area contributed by atoms with Gasteiger partial charge in [-0.05, 0) is 11.8 Å². The Morgan fingerprint density at radius 1 is 1.35 bits per heavy atom. The van der Waals surface area contributed by atoms with Gasteiger partial charge >= 0.3 is 12.0 Å². The zero-order valence-electron chi connectivity index (χ0n) is 10.6. The summed E-state index contributed by atoms with van der Waals surface area (Å²) in [5, 5.41) is 11.7. The van der Waals surface area contributed by atoms with Crippen molar-refractivity contribution in [2.24, 2.45) is 5.41 Å². The number of carbonyl (C=O) groups excluding carboxylic acids is 1. The lowest BCUT2D eigenvalue weighted by Gasteiger charge is -2.31. The average molecular weight is 240 g/mol. The second-order valence-electron chi connectivity index (χ2n) is 5.29. The van der Waals surface area contributed by atoms with E-state index in [4.69, 9.17) is 5.11 Å². The van der Waals surface area contributed by atoms with Crippen LogP contribution in [0.15, 0.2) is 12.2 Å². The van der Waals surface area contributed by atoms with E-state index in [9.17, 15) is 9.59 Å². The van der Waals surface area contributed by atoms with E-state index in [0.717, 1.165) is 6.42 Å². The molecular formula is C12H20N2O3. The normalized spacial score (nSPS) is 17.7. The molecule has 0 aromatic rings. The highest BCUT2D eigenvalue weighted by Gasteiger charge is 2.33. The second-order valence-corrected chi connectivity index (χ2v) is 5.29. The third-order valence-electron chi connectivity index (χ3n) is 2.73. The Morgan fingerprint density at radius 3 is 2.41 bits per heavy atom. The van der Waals surface area contributed by atoms with Crippen molar-refractivity contribution in [2.45, 2.75) is 33.2 Å². The molecule has 5 heteroatoms. The van der Waals surface area contributed by atoms with Crippen LogP contribution in [0.2, 0.25) is 0 Å². The first-order chi connectivity index (χ1) is 7.82. The van der Waals surface area contributed by atoms with Crippen LogP contribution in [0.1, 0.15) is 27.2 Å². The number of aliphatic carboxylic acids is 1. The van der Waals surface area contributed by atoms with E-state index in [2.05, 4.69) is 5.32 Å². The van der Waals surface area contributed by atoms with Gasteiger partial charge in [-0.25, -0.2) is 9.59 Å². The minimum absolute atomic E-state index is 0.309. The minimum atomic E-state index is -1.00. The van der Waals surface area contributed by atoms with Crippen molar-refractivity contribution in [1.29, 1.82) is 0 Å². The molecule has 2 N–H and O–H groups in total. The smallest absolute Gasteiger partial charge is 0.326 e. The number of hydrogen-bond acceptors (Lipinski definition) is 2. The Hall–Kier alpha value is -1.52. The highest BCUT2D eigenvalue weighted by molar-refractivity contribution is 5.83. The molecule has 0 radical (unpaired) electrons. The fourth-order valence-electron chi connectivity index (χ4n) is 1.69. The molecule has 17 heavy (non-hydrogen) atoms. The molecule has 1 rings (SSSR count). The fraction of sp³-hybridized carbons (Fsp3) is 0.667. The molecule has 2 amide bonds. The highest BCUT2D eigenvalue weighted by Crippen LogP contribution is 2.19. The van der Waals surface area contributed by atoms with E-state index in [0.29, 0.717) is 13.1 Å². The molecule has 0 spiro atoms. The number of carboxylic acids is 1. The summed E-state index contributed by atoms with van der Waals surface area (Å²) in [5.41, 5.74) is -0.507. The van der Waals surface area contributed by atoms with Gasteiger partial charge in [0.05, 0.1) is 0 Å². The molecule has 1 atom stereocenters. The van der Waals surface area contributed by atoms with E-state index in [-0.39, 0.29) is 6.03 Å². The highest BCUT2D eigenvalue weighted by atomic mass is 16.4. The number of nitrogens with one attached hydrogen (secondary N) is 1. The van der Waals surface area contributed by atoms with Crippen LogP contribution >= 0.6 is 0 Å². The van der Waals surface area contributed by atoms with Gasteiger partial charge in [-0.1, -0.05) is 32.9 Å². The molecule has 0 aliphatic carbocycles. The maximum Gasteiger partial charge on any atom is 0.326 e. The van der Waals surface area contributed by atoms with Gasteiger partial charge in [0.15, 0.2) is 0 Å². The third kappa shape index (κ3) is 3.76. The van der Waals surface area contributed by atoms with E-state index < -0.39 is 17.4 Å². The number of carboxylic acid groups (broad SMARTS) is 1. The van der Waals surface area contributed by atoms with Crippen LogP contribution in [0.25, 0.3) is 0 Å². The van der Waals surface area contributed by atoms with Crippen LogP contribution in [0.4, 0.5) is 4.79 Å². The molecule has 0 aromatic carbocycles. The lowest BCUT2D eigenvalue weighted by Crippen LogP contribution is -2.53. The summed E-state index contributed by atoms with van der Waals surface area (Å²) in [6.07, 6.45) is 4.75. The van der Waals surface area contributed by atoms with E-state index in [1.165, 1.54) is 0 Å². The van der Waals surface area contributed by atoms with Gasteiger partial charge in [0.1, 0.15) is 6.04 Å². The average Bonchev–Trinajstić information content (AvgIpc) is 2.24. The molecule has 1 heterocycles. The Labute approximate surface area is 101 Å². The maximum absolute atomic E-state index is 11.9. The maximum atomic E-state index is 11.9. The van der Waals surface area contributed by atoms with Crippen molar-refractivity contribution in [3.63, 3.8) is 0 Å². The number of amides is 2. The van der Waals surface area contributed by atoms with Gasteiger partial charge in [0.25, 0.3) is 0 Å². The summed E-state index contributed by atoms with van der Waals surface area (Å²) in [4.78, 5) is 24.6. The molecule has 1 unspecified atom stereocenters. The largest absolute Gasteiger partial charge is 0.480 e. The molecule has 0 fully saturated rings. The van der Waals surface area contributed by atoms with Crippen molar-refractivity contribution in [2.75, 3.05) is 13.1 Å². The van der Waals surface area contributed by atoms with Gasteiger partial charge in [-0.15, -0.1) is 0 Å². The predicted molar refractivity (Wildman–Crippen MR) is 64.7 cm³/mol. The molecule has 0 aromatic heterocycles. The van der Waals surface area contributed by atoms with Crippen LogP contribution in [-0.2, 0) is 4.79 Å². The zero-order valence-corrected chi connectivity index (χ0v) is 10.6. The van der Waals surface area contributed by atoms with E-state index >= 15 is 0 Å². The van der Waals surface area contributed by atoms with Crippen LogP contribution in [-0.4, -0.2) is 41.1 Å². The zero-order chi connectivity index (χ0) is 13.1. The van der Waals surface area contributed by atoms with Gasteiger partial charge in [0, 0.05) is 13.1 Å². The molecule has 96 valence electrons. The summed E-state index contributed by atoms with van der Waals surface area (Å²) in [6, 6.07) is -1.18. The van der Waals surface area contributed by atoms with E-state index in [1.807, 2.05) is 12.2 Å². The summed E-state index contributed by atoms with van der Waals surface area (Å²) in [6.45, 7) is 6.56. The second kappa shape index (κ2) is 5.21. The lowest BCUT2D eigenvalue weighted by atomic mass is 9.87. The third-order valence-corrected chi connectivity index (χ3v) is 2.73. The molecule has 0 saturated carbocycles. The molecule has 1 aliphatic heterocycles.